The van der Waals surface area contributed by atoms with Crippen LogP contribution in [-0.2, 0) is 17.5 Å². The van der Waals surface area contributed by atoms with Gasteiger partial charge in [0.25, 0.3) is 5.91 Å². The third kappa shape index (κ3) is 7.72. The summed E-state index contributed by atoms with van der Waals surface area (Å²) in [5, 5.41) is 9.96. The standard InChI is InChI=1S/C33H34ClF3N6O2/c1-32(2,3)31(45)39-15-19-8-11-26(34)25(12-19)30(44)40-23-9-10-24-27(14-23)41-28(21-6-5-7-22(13-21)33(35,36)37)42-29(24)38-16-20-17-43(4)18-20/h5-14,20H,15-18H2,1-4H3,(H,39,45)(H,40,44)(H,38,41,42). The van der Waals surface area contributed by atoms with Gasteiger partial charge in [0, 0.05) is 54.1 Å². The molecule has 1 fully saturated rings. The van der Waals surface area contributed by atoms with Crippen molar-refractivity contribution in [3.05, 3.63) is 82.4 Å². The number of fused-ring (bicyclic) bond motifs is 1. The van der Waals surface area contributed by atoms with E-state index in [4.69, 9.17) is 11.6 Å². The van der Waals surface area contributed by atoms with Crippen LogP contribution in [0, 0.1) is 11.3 Å². The second-order valence-electron chi connectivity index (χ2n) is 12.4. The van der Waals surface area contributed by atoms with Crippen molar-refractivity contribution in [1.82, 2.24) is 20.2 Å². The summed E-state index contributed by atoms with van der Waals surface area (Å²) in [6.45, 7) is 8.16. The van der Waals surface area contributed by atoms with E-state index in [-0.39, 0.29) is 34.4 Å². The molecule has 236 valence electrons. The molecule has 0 radical (unpaired) electrons. The van der Waals surface area contributed by atoms with E-state index >= 15 is 0 Å². The van der Waals surface area contributed by atoms with Gasteiger partial charge in [0.1, 0.15) is 5.82 Å². The minimum atomic E-state index is -4.52. The topological polar surface area (TPSA) is 99.2 Å². The number of carbonyl (C=O) groups excluding carboxylic acids is 2. The molecular weight excluding hydrogens is 605 g/mol. The van der Waals surface area contributed by atoms with Gasteiger partial charge < -0.3 is 20.9 Å². The van der Waals surface area contributed by atoms with Gasteiger partial charge in [-0.25, -0.2) is 9.97 Å². The maximum atomic E-state index is 13.5. The number of nitrogens with zero attached hydrogens (tertiary/aromatic N) is 3. The van der Waals surface area contributed by atoms with E-state index in [2.05, 4.69) is 30.8 Å². The minimum absolute atomic E-state index is 0.123. The van der Waals surface area contributed by atoms with Crippen molar-refractivity contribution in [3.8, 4) is 11.4 Å². The number of aromatic nitrogens is 2. The van der Waals surface area contributed by atoms with Gasteiger partial charge in [-0.15, -0.1) is 0 Å². The highest BCUT2D eigenvalue weighted by Gasteiger charge is 2.31. The molecule has 4 aromatic rings. The fourth-order valence-corrected chi connectivity index (χ4v) is 5.21. The summed E-state index contributed by atoms with van der Waals surface area (Å²) >= 11 is 6.37. The largest absolute Gasteiger partial charge is 0.416 e. The van der Waals surface area contributed by atoms with Crippen molar-refractivity contribution < 1.29 is 22.8 Å². The number of hydrogen-bond donors (Lipinski definition) is 3. The quantitative estimate of drug-likeness (QED) is 0.195. The summed E-state index contributed by atoms with van der Waals surface area (Å²) in [7, 11) is 2.03. The van der Waals surface area contributed by atoms with Gasteiger partial charge in [0.2, 0.25) is 5.91 Å². The van der Waals surface area contributed by atoms with Crippen LogP contribution in [-0.4, -0.2) is 53.4 Å². The van der Waals surface area contributed by atoms with Crippen molar-refractivity contribution in [2.24, 2.45) is 11.3 Å². The van der Waals surface area contributed by atoms with Crippen LogP contribution in [0.25, 0.3) is 22.3 Å². The third-order valence-electron chi connectivity index (χ3n) is 7.51. The van der Waals surface area contributed by atoms with E-state index in [1.54, 1.807) is 36.4 Å². The highest BCUT2D eigenvalue weighted by molar-refractivity contribution is 6.34. The molecule has 0 unspecified atom stereocenters. The Kier molecular flexibility index (Phi) is 9.04. The van der Waals surface area contributed by atoms with Crippen LogP contribution in [0.5, 0.6) is 0 Å². The highest BCUT2D eigenvalue weighted by atomic mass is 35.5. The molecule has 3 N–H and O–H groups in total. The number of nitrogens with one attached hydrogen (secondary N) is 3. The second kappa shape index (κ2) is 12.6. The average molecular weight is 639 g/mol. The summed E-state index contributed by atoms with van der Waals surface area (Å²) in [5.74, 6) is 0.437. The van der Waals surface area contributed by atoms with Gasteiger partial charge in [-0.05, 0) is 55.1 Å². The number of likely N-dealkylation sites (tertiary alicyclic amines) is 1. The van der Waals surface area contributed by atoms with Gasteiger partial charge in [0.05, 0.1) is 21.7 Å². The lowest BCUT2D eigenvalue weighted by molar-refractivity contribution is -0.137. The predicted molar refractivity (Wildman–Crippen MR) is 170 cm³/mol. The van der Waals surface area contributed by atoms with Crippen molar-refractivity contribution >= 4 is 45.8 Å². The maximum absolute atomic E-state index is 13.5. The van der Waals surface area contributed by atoms with E-state index < -0.39 is 23.1 Å². The first-order chi connectivity index (χ1) is 21.2. The van der Waals surface area contributed by atoms with Crippen LogP contribution in [0.2, 0.25) is 5.02 Å². The third-order valence-corrected chi connectivity index (χ3v) is 7.84. The summed E-state index contributed by atoms with van der Waals surface area (Å²) in [6.07, 6.45) is -4.52. The van der Waals surface area contributed by atoms with Crippen molar-refractivity contribution in [2.45, 2.75) is 33.5 Å². The monoisotopic (exact) mass is 638 g/mol. The SMILES string of the molecule is CN1CC(CNc2nc(-c3cccc(C(F)(F)F)c3)nc3cc(NC(=O)c4cc(CNC(=O)C(C)(C)C)ccc4Cl)ccc23)C1. The molecule has 2 amide bonds. The first-order valence-corrected chi connectivity index (χ1v) is 14.8. The maximum Gasteiger partial charge on any atom is 0.416 e. The fourth-order valence-electron chi connectivity index (χ4n) is 5.01. The smallest absolute Gasteiger partial charge is 0.369 e. The predicted octanol–water partition coefficient (Wildman–Crippen LogP) is 6.86. The lowest BCUT2D eigenvalue weighted by atomic mass is 9.95. The number of benzene rings is 3. The molecule has 0 atom stereocenters. The Labute approximate surface area is 264 Å². The van der Waals surface area contributed by atoms with E-state index in [1.807, 2.05) is 27.8 Å². The van der Waals surface area contributed by atoms with E-state index in [0.29, 0.717) is 40.4 Å². The van der Waals surface area contributed by atoms with Crippen LogP contribution < -0.4 is 16.0 Å². The first kappa shape index (κ1) is 32.2. The first-order valence-electron chi connectivity index (χ1n) is 14.5. The van der Waals surface area contributed by atoms with Crippen molar-refractivity contribution in [2.75, 3.05) is 37.3 Å². The number of hydrogen-bond acceptors (Lipinski definition) is 6. The second-order valence-corrected chi connectivity index (χ2v) is 12.8. The number of alkyl halides is 3. The van der Waals surface area contributed by atoms with Crippen molar-refractivity contribution in [1.29, 1.82) is 0 Å². The molecular formula is C33H34ClF3N6O2. The van der Waals surface area contributed by atoms with E-state index in [9.17, 15) is 22.8 Å². The molecule has 1 aliphatic rings. The molecule has 0 spiro atoms. The average Bonchev–Trinajstić information content (AvgIpc) is 2.96. The summed E-state index contributed by atoms with van der Waals surface area (Å²) in [5.41, 5.74) is 0.634. The molecule has 5 rings (SSSR count). The Balaban J connectivity index is 1.43. The van der Waals surface area contributed by atoms with Crippen LogP contribution >= 0.6 is 11.6 Å². The van der Waals surface area contributed by atoms with E-state index in [0.717, 1.165) is 25.2 Å². The number of halogens is 4. The molecule has 0 bridgehead atoms. The van der Waals surface area contributed by atoms with Crippen LogP contribution in [0.4, 0.5) is 24.7 Å². The van der Waals surface area contributed by atoms with Gasteiger partial charge in [-0.3, -0.25) is 9.59 Å². The molecule has 3 aromatic carbocycles. The normalized spacial score (nSPS) is 14.2. The van der Waals surface area contributed by atoms with Gasteiger partial charge >= 0.3 is 6.18 Å². The van der Waals surface area contributed by atoms with Crippen LogP contribution in [0.3, 0.4) is 0 Å². The zero-order valence-electron chi connectivity index (χ0n) is 25.3. The lowest BCUT2D eigenvalue weighted by Gasteiger charge is -2.36. The van der Waals surface area contributed by atoms with E-state index in [1.165, 1.54) is 12.1 Å². The fraction of sp³-hybridized carbons (Fsp3) is 0.333. The molecule has 1 saturated heterocycles. The number of amides is 2. The number of anilines is 2. The molecule has 0 saturated carbocycles. The van der Waals surface area contributed by atoms with Gasteiger partial charge in [-0.2, -0.15) is 13.2 Å². The van der Waals surface area contributed by atoms with Crippen LogP contribution in [0.15, 0.2) is 60.7 Å². The number of carbonyl (C=O) groups is 2. The molecule has 1 aromatic heterocycles. The Morgan fingerprint density at radius 1 is 1.00 bits per heavy atom. The molecule has 1 aliphatic heterocycles. The summed E-state index contributed by atoms with van der Waals surface area (Å²) in [4.78, 5) is 37.0. The van der Waals surface area contributed by atoms with Gasteiger partial charge in [0.15, 0.2) is 5.82 Å². The minimum Gasteiger partial charge on any atom is -0.369 e. The lowest BCUT2D eigenvalue weighted by Crippen LogP contribution is -2.46. The van der Waals surface area contributed by atoms with Gasteiger partial charge in [-0.1, -0.05) is 50.6 Å². The Bertz CT molecular complexity index is 1750. The molecule has 12 heteroatoms. The zero-order chi connectivity index (χ0) is 32.5. The Morgan fingerprint density at radius 2 is 1.76 bits per heavy atom. The molecule has 2 heterocycles. The zero-order valence-corrected chi connectivity index (χ0v) is 26.1. The Morgan fingerprint density at radius 3 is 2.44 bits per heavy atom. The molecule has 45 heavy (non-hydrogen) atoms. The summed E-state index contributed by atoms with van der Waals surface area (Å²) < 4.78 is 40.4. The Hall–Kier alpha value is -4.22. The highest BCUT2D eigenvalue weighted by Crippen LogP contribution is 2.33. The molecule has 0 aliphatic carbocycles. The molecule has 8 nitrogen and oxygen atoms in total. The number of rotatable bonds is 8. The summed E-state index contributed by atoms with van der Waals surface area (Å²) in [6, 6.07) is 15.0. The van der Waals surface area contributed by atoms with Crippen molar-refractivity contribution in [3.63, 3.8) is 0 Å². The van der Waals surface area contributed by atoms with Crippen LogP contribution in [0.1, 0.15) is 42.3 Å².